The number of anilines is 2. The van der Waals surface area contributed by atoms with Gasteiger partial charge in [-0.2, -0.15) is 0 Å². The lowest BCUT2D eigenvalue weighted by Gasteiger charge is -2.35. The van der Waals surface area contributed by atoms with Gasteiger partial charge in [0, 0.05) is 39.3 Å². The van der Waals surface area contributed by atoms with Crippen LogP contribution in [0.1, 0.15) is 35.4 Å². The Kier molecular flexibility index (Phi) is 7.17. The number of carbonyl (C=O) groups is 1. The molecule has 0 aromatic carbocycles. The van der Waals surface area contributed by atoms with Gasteiger partial charge in [0.05, 0.1) is 10.4 Å². The van der Waals surface area contributed by atoms with Crippen molar-refractivity contribution >= 4 is 39.0 Å². The molecule has 2 aliphatic heterocycles. The molecule has 4 heterocycles. The third-order valence-electron chi connectivity index (χ3n) is 6.74. The predicted octanol–water partition coefficient (Wildman–Crippen LogP) is 2.35. The van der Waals surface area contributed by atoms with E-state index in [2.05, 4.69) is 57.8 Å². The van der Waals surface area contributed by atoms with Gasteiger partial charge in [-0.15, -0.1) is 11.3 Å². The molecule has 0 saturated carbocycles. The summed E-state index contributed by atoms with van der Waals surface area (Å²) in [5.74, 6) is 2.01. The van der Waals surface area contributed by atoms with Crippen LogP contribution in [0.2, 0.25) is 0 Å². The van der Waals surface area contributed by atoms with Gasteiger partial charge in [0.15, 0.2) is 0 Å². The quantitative estimate of drug-likeness (QED) is 0.681. The molecule has 0 radical (unpaired) electrons. The van der Waals surface area contributed by atoms with E-state index in [9.17, 15) is 4.79 Å². The summed E-state index contributed by atoms with van der Waals surface area (Å²) in [5, 5.41) is 0. The maximum Gasteiger partial charge on any atom is 0.261 e. The molecule has 2 fully saturated rings. The number of fused-ring (bicyclic) bond motifs is 1. The van der Waals surface area contributed by atoms with Crippen LogP contribution in [0, 0.1) is 11.8 Å². The fraction of sp³-hybridized carbons (Fsp3) is 0.696. The Labute approximate surface area is 195 Å². The van der Waals surface area contributed by atoms with Crippen LogP contribution in [-0.4, -0.2) is 93.1 Å². The summed E-state index contributed by atoms with van der Waals surface area (Å²) in [6, 6.07) is 0. The molecule has 1 amide bonds. The number of hydrogen-bond acceptors (Lipinski definition) is 8. The van der Waals surface area contributed by atoms with Gasteiger partial charge >= 0.3 is 0 Å². The monoisotopic (exact) mass is 459 g/mol. The molecule has 2 aromatic heterocycles. The fourth-order valence-corrected chi connectivity index (χ4v) is 6.42. The number of hydrogen-bond donors (Lipinski definition) is 1. The first kappa shape index (κ1) is 23.2. The van der Waals surface area contributed by atoms with Crippen molar-refractivity contribution in [2.75, 3.05) is 77.3 Å². The minimum absolute atomic E-state index is 0.367. The van der Waals surface area contributed by atoms with E-state index in [0.29, 0.717) is 10.8 Å². The minimum atomic E-state index is -0.367. The van der Waals surface area contributed by atoms with Gasteiger partial charge in [-0.3, -0.25) is 4.79 Å². The number of nitrogens with zero attached hydrogens (tertiary/aromatic N) is 6. The van der Waals surface area contributed by atoms with Crippen LogP contribution < -0.4 is 15.5 Å². The van der Waals surface area contributed by atoms with Crippen LogP contribution in [0.25, 0.3) is 10.2 Å². The second-order valence-electron chi connectivity index (χ2n) is 9.90. The molecule has 8 nitrogen and oxygen atoms in total. The summed E-state index contributed by atoms with van der Waals surface area (Å²) in [4.78, 5) is 31.6. The topological polar surface area (TPSA) is 81.8 Å². The second-order valence-corrected chi connectivity index (χ2v) is 10.9. The Balaban J connectivity index is 1.59. The summed E-state index contributed by atoms with van der Waals surface area (Å²) in [5.41, 5.74) is 7.65. The number of thiophene rings is 1. The molecule has 0 bridgehead atoms. The zero-order valence-electron chi connectivity index (χ0n) is 19.9. The van der Waals surface area contributed by atoms with Crippen LogP contribution in [0.3, 0.4) is 0 Å². The number of nitrogens with two attached hydrogens (primary N) is 1. The maximum absolute atomic E-state index is 12.4. The predicted molar refractivity (Wildman–Crippen MR) is 133 cm³/mol. The molecule has 2 aromatic rings. The molecule has 2 N–H and O–H groups in total. The van der Waals surface area contributed by atoms with Crippen LogP contribution in [0.15, 0.2) is 6.33 Å². The van der Waals surface area contributed by atoms with Crippen molar-refractivity contribution in [3.63, 3.8) is 0 Å². The van der Waals surface area contributed by atoms with Gasteiger partial charge < -0.3 is 25.3 Å². The minimum Gasteiger partial charge on any atom is -0.368 e. The van der Waals surface area contributed by atoms with Gasteiger partial charge in [-0.05, 0) is 65.7 Å². The lowest BCUT2D eigenvalue weighted by Crippen LogP contribution is -2.38. The van der Waals surface area contributed by atoms with Crippen molar-refractivity contribution in [1.82, 2.24) is 19.8 Å². The Morgan fingerprint density at radius 3 is 2.00 bits per heavy atom. The van der Waals surface area contributed by atoms with Crippen molar-refractivity contribution in [2.24, 2.45) is 17.6 Å². The van der Waals surface area contributed by atoms with Gasteiger partial charge in [-0.25, -0.2) is 9.97 Å². The van der Waals surface area contributed by atoms with Crippen molar-refractivity contribution in [2.45, 2.75) is 25.7 Å². The Bertz CT molecular complexity index is 928. The molecule has 2 saturated heterocycles. The molecule has 176 valence electrons. The number of carbonyl (C=O) groups excluding carboxylic acids is 1. The molecular formula is C23H37N7OS. The molecule has 0 unspecified atom stereocenters. The largest absolute Gasteiger partial charge is 0.368 e. The molecule has 9 heteroatoms. The van der Waals surface area contributed by atoms with E-state index < -0.39 is 0 Å². The number of rotatable bonds is 7. The van der Waals surface area contributed by atoms with E-state index in [1.165, 1.54) is 11.3 Å². The molecule has 0 spiro atoms. The number of piperidine rings is 2. The van der Waals surface area contributed by atoms with E-state index in [1.807, 2.05) is 0 Å². The molecule has 0 atom stereocenters. The Hall–Kier alpha value is -1.97. The highest BCUT2D eigenvalue weighted by Crippen LogP contribution is 2.42. The maximum atomic E-state index is 12.4. The zero-order chi connectivity index (χ0) is 22.8. The van der Waals surface area contributed by atoms with Crippen molar-refractivity contribution < 1.29 is 4.79 Å². The van der Waals surface area contributed by atoms with Crippen LogP contribution in [-0.2, 0) is 0 Å². The Morgan fingerprint density at radius 2 is 1.50 bits per heavy atom. The highest BCUT2D eigenvalue weighted by atomic mass is 32.1. The average Bonchev–Trinajstić information content (AvgIpc) is 3.14. The number of amides is 1. The third kappa shape index (κ3) is 5.00. The standard InChI is InChI=1S/C23H37N7OS/c1-27(2)13-16-5-9-29(10-6-16)19-18-20(32-21(19)22(24)31)23(26-15-25-18)30-11-7-17(8-12-30)14-28(3)4/h15-17H,5-14H2,1-4H3,(H2,24,31). The molecule has 32 heavy (non-hydrogen) atoms. The molecule has 0 aliphatic carbocycles. The first-order chi connectivity index (χ1) is 15.3. The van der Waals surface area contributed by atoms with Crippen molar-refractivity contribution in [3.8, 4) is 0 Å². The van der Waals surface area contributed by atoms with E-state index in [0.717, 1.165) is 92.6 Å². The van der Waals surface area contributed by atoms with Crippen molar-refractivity contribution in [3.05, 3.63) is 11.2 Å². The van der Waals surface area contributed by atoms with Crippen molar-refractivity contribution in [1.29, 1.82) is 0 Å². The Morgan fingerprint density at radius 1 is 0.969 bits per heavy atom. The average molecular weight is 460 g/mol. The first-order valence-electron chi connectivity index (χ1n) is 11.7. The summed E-state index contributed by atoms with van der Waals surface area (Å²) < 4.78 is 0.998. The summed E-state index contributed by atoms with van der Waals surface area (Å²) in [7, 11) is 8.54. The lowest BCUT2D eigenvalue weighted by molar-refractivity contribution is 0.100. The van der Waals surface area contributed by atoms with E-state index >= 15 is 0 Å². The molecule has 2 aliphatic rings. The zero-order valence-corrected chi connectivity index (χ0v) is 20.7. The summed E-state index contributed by atoms with van der Waals surface area (Å²) in [6.45, 7) is 6.07. The smallest absolute Gasteiger partial charge is 0.261 e. The van der Waals surface area contributed by atoms with Crippen LogP contribution in [0.4, 0.5) is 11.5 Å². The SMILES string of the molecule is CN(C)CC1CCN(c2c(C(N)=O)sc3c(N4CCC(CN(C)C)CC4)ncnc23)CC1. The fourth-order valence-electron chi connectivity index (χ4n) is 5.27. The number of primary amides is 1. The van der Waals surface area contributed by atoms with Gasteiger partial charge in [-0.1, -0.05) is 0 Å². The third-order valence-corrected chi connectivity index (χ3v) is 7.92. The van der Waals surface area contributed by atoms with Gasteiger partial charge in [0.2, 0.25) is 0 Å². The molecular weight excluding hydrogens is 422 g/mol. The van der Waals surface area contributed by atoms with Crippen LogP contribution in [0.5, 0.6) is 0 Å². The lowest BCUT2D eigenvalue weighted by atomic mass is 9.96. The molecule has 4 rings (SSSR count). The summed E-state index contributed by atoms with van der Waals surface area (Å²) in [6.07, 6.45) is 6.20. The highest BCUT2D eigenvalue weighted by Gasteiger charge is 2.30. The summed E-state index contributed by atoms with van der Waals surface area (Å²) >= 11 is 1.47. The van der Waals surface area contributed by atoms with Gasteiger partial charge in [0.1, 0.15) is 22.5 Å². The van der Waals surface area contributed by atoms with E-state index in [1.54, 1.807) is 6.33 Å². The van der Waals surface area contributed by atoms with Crippen LogP contribution >= 0.6 is 11.3 Å². The normalized spacial score (nSPS) is 18.9. The first-order valence-corrected chi connectivity index (χ1v) is 12.5. The van der Waals surface area contributed by atoms with E-state index in [4.69, 9.17) is 5.73 Å². The second kappa shape index (κ2) is 9.89. The number of aromatic nitrogens is 2. The van der Waals surface area contributed by atoms with Gasteiger partial charge in [0.25, 0.3) is 5.91 Å². The van der Waals surface area contributed by atoms with E-state index in [-0.39, 0.29) is 5.91 Å². The highest BCUT2D eigenvalue weighted by molar-refractivity contribution is 7.22.